The van der Waals surface area contributed by atoms with Crippen molar-refractivity contribution >= 4 is 29.9 Å². The third-order valence-electron chi connectivity index (χ3n) is 4.63. The number of nitrogens with one attached hydrogen (secondary N) is 2. The van der Waals surface area contributed by atoms with Crippen molar-refractivity contribution in [3.63, 3.8) is 0 Å². The Labute approximate surface area is 176 Å². The van der Waals surface area contributed by atoms with Crippen LogP contribution < -0.4 is 15.4 Å². The third-order valence-corrected chi connectivity index (χ3v) is 4.63. The van der Waals surface area contributed by atoms with Gasteiger partial charge in [-0.05, 0) is 37.5 Å². The summed E-state index contributed by atoms with van der Waals surface area (Å²) in [4.78, 5) is 8.96. The van der Waals surface area contributed by atoms with Crippen LogP contribution in [0.15, 0.2) is 47.5 Å². The number of guanidine groups is 1. The van der Waals surface area contributed by atoms with Crippen LogP contribution in [0.2, 0.25) is 0 Å². The second-order valence-corrected chi connectivity index (χ2v) is 6.48. The number of methoxy groups -OCH3 is 1. The number of hydrogen-bond acceptors (Lipinski definition) is 3. The number of halogens is 2. The Hall–Kier alpha value is -1.90. The molecule has 0 amide bonds. The fourth-order valence-electron chi connectivity index (χ4n) is 3.00. The maximum atomic E-state index is 14.1. The predicted molar refractivity (Wildman–Crippen MR) is 116 cm³/mol. The Bertz CT molecular complexity index is 780. The molecule has 7 heteroatoms. The van der Waals surface area contributed by atoms with E-state index >= 15 is 0 Å². The number of benzene rings is 1. The maximum Gasteiger partial charge on any atom is 0.213 e. The van der Waals surface area contributed by atoms with Gasteiger partial charge in [0, 0.05) is 24.6 Å². The quantitative estimate of drug-likeness (QED) is 0.358. The van der Waals surface area contributed by atoms with Gasteiger partial charge in [0.1, 0.15) is 5.82 Å². The third kappa shape index (κ3) is 5.54. The molecule has 0 saturated heterocycles. The minimum Gasteiger partial charge on any atom is -0.481 e. The van der Waals surface area contributed by atoms with Gasteiger partial charge in [0.05, 0.1) is 19.3 Å². The lowest BCUT2D eigenvalue weighted by Crippen LogP contribution is -2.41. The van der Waals surface area contributed by atoms with E-state index in [2.05, 4.69) is 20.6 Å². The van der Waals surface area contributed by atoms with E-state index in [1.165, 1.54) is 6.07 Å². The Morgan fingerprint density at radius 1 is 1.19 bits per heavy atom. The molecule has 1 aliphatic rings. The van der Waals surface area contributed by atoms with Crippen molar-refractivity contribution in [3.05, 3.63) is 59.5 Å². The number of nitrogens with zero attached hydrogens (tertiary/aromatic N) is 2. The van der Waals surface area contributed by atoms with Gasteiger partial charge >= 0.3 is 0 Å². The number of pyridine rings is 1. The lowest BCUT2D eigenvalue weighted by molar-refractivity contribution is 0.396. The van der Waals surface area contributed by atoms with Gasteiger partial charge in [-0.25, -0.2) is 14.4 Å². The zero-order chi connectivity index (χ0) is 18.4. The van der Waals surface area contributed by atoms with E-state index in [-0.39, 0.29) is 35.2 Å². The molecule has 0 bridgehead atoms. The van der Waals surface area contributed by atoms with Crippen molar-refractivity contribution in [1.82, 2.24) is 15.6 Å². The van der Waals surface area contributed by atoms with Crippen LogP contribution in [0.3, 0.4) is 0 Å². The highest BCUT2D eigenvalue weighted by atomic mass is 127. The van der Waals surface area contributed by atoms with E-state index in [0.29, 0.717) is 24.9 Å². The first kappa shape index (κ1) is 21.4. The van der Waals surface area contributed by atoms with Crippen molar-refractivity contribution in [1.29, 1.82) is 0 Å². The molecule has 1 aromatic heterocycles. The first-order valence-electron chi connectivity index (χ1n) is 8.94. The summed E-state index contributed by atoms with van der Waals surface area (Å²) < 4.78 is 19.3. The summed E-state index contributed by atoms with van der Waals surface area (Å²) in [6.45, 7) is 3.87. The molecule has 1 saturated carbocycles. The topological polar surface area (TPSA) is 58.5 Å². The van der Waals surface area contributed by atoms with Crippen LogP contribution in [0.4, 0.5) is 4.39 Å². The summed E-state index contributed by atoms with van der Waals surface area (Å²) in [6, 6.07) is 12.7. The molecule has 1 aromatic carbocycles. The summed E-state index contributed by atoms with van der Waals surface area (Å²) in [7, 11) is 1.60. The molecule has 1 aliphatic carbocycles. The summed E-state index contributed by atoms with van der Waals surface area (Å²) in [6.07, 6.45) is 1.97. The van der Waals surface area contributed by atoms with Crippen LogP contribution in [-0.4, -0.2) is 31.1 Å². The lowest BCUT2D eigenvalue weighted by atomic mass is 9.95. The van der Waals surface area contributed by atoms with Gasteiger partial charge in [0.2, 0.25) is 5.88 Å². The van der Waals surface area contributed by atoms with Gasteiger partial charge in [-0.2, -0.15) is 0 Å². The molecular weight excluding hydrogens is 458 g/mol. The van der Waals surface area contributed by atoms with Gasteiger partial charge in [0.15, 0.2) is 5.96 Å². The number of ether oxygens (including phenoxy) is 1. The summed E-state index contributed by atoms with van der Waals surface area (Å²) in [5.41, 5.74) is 1.49. The van der Waals surface area contributed by atoms with Crippen LogP contribution in [-0.2, 0) is 12.0 Å². The molecule has 0 spiro atoms. The largest absolute Gasteiger partial charge is 0.481 e. The van der Waals surface area contributed by atoms with E-state index in [9.17, 15) is 4.39 Å². The molecule has 0 unspecified atom stereocenters. The van der Waals surface area contributed by atoms with Crippen molar-refractivity contribution in [2.75, 3.05) is 20.2 Å². The zero-order valence-electron chi connectivity index (χ0n) is 15.7. The molecule has 146 valence electrons. The van der Waals surface area contributed by atoms with Gasteiger partial charge in [0.25, 0.3) is 0 Å². The van der Waals surface area contributed by atoms with Gasteiger partial charge in [-0.3, -0.25) is 0 Å². The second kappa shape index (κ2) is 9.87. The minimum atomic E-state index is -0.130. The van der Waals surface area contributed by atoms with Gasteiger partial charge in [-0.15, -0.1) is 24.0 Å². The molecule has 0 radical (unpaired) electrons. The summed E-state index contributed by atoms with van der Waals surface area (Å²) in [5.74, 6) is 1.15. The van der Waals surface area contributed by atoms with E-state index < -0.39 is 0 Å². The second-order valence-electron chi connectivity index (χ2n) is 6.48. The Kier molecular flexibility index (Phi) is 7.82. The van der Waals surface area contributed by atoms with Gasteiger partial charge in [-0.1, -0.05) is 24.3 Å². The molecule has 3 rings (SSSR count). The molecular formula is C20H26FIN4O. The molecule has 2 aromatic rings. The van der Waals surface area contributed by atoms with Crippen LogP contribution in [0, 0.1) is 5.82 Å². The predicted octanol–water partition coefficient (Wildman–Crippen LogP) is 3.63. The molecule has 27 heavy (non-hydrogen) atoms. The number of aromatic nitrogens is 1. The minimum absolute atomic E-state index is 0. The number of hydrogen-bond donors (Lipinski definition) is 2. The van der Waals surface area contributed by atoms with Crippen LogP contribution in [0.1, 0.15) is 31.0 Å². The van der Waals surface area contributed by atoms with Crippen molar-refractivity contribution in [2.45, 2.75) is 31.7 Å². The average molecular weight is 484 g/mol. The number of aliphatic imine (C=N–C) groups is 1. The zero-order valence-corrected chi connectivity index (χ0v) is 18.0. The fraction of sp³-hybridized carbons (Fsp3) is 0.400. The summed E-state index contributed by atoms with van der Waals surface area (Å²) >= 11 is 0. The molecule has 1 fully saturated rings. The van der Waals surface area contributed by atoms with Crippen LogP contribution in [0.25, 0.3) is 0 Å². The molecule has 0 atom stereocenters. The average Bonchev–Trinajstić information content (AvgIpc) is 3.45. The standard InChI is InChI=1S/C20H25FN4O.HI/c1-3-22-19(23-13-15-7-6-10-18(25-15)26-2)24-14-20(11-12-20)16-8-4-5-9-17(16)21;/h4-10H,3,11-14H2,1-2H3,(H2,22,23,24);1H. The Balaban J connectivity index is 0.00000261. The fourth-order valence-corrected chi connectivity index (χ4v) is 3.00. The SMILES string of the molecule is CCNC(=NCc1cccc(OC)n1)NCC1(c2ccccc2F)CC1.I. The maximum absolute atomic E-state index is 14.1. The molecule has 1 heterocycles. The molecule has 5 nitrogen and oxygen atoms in total. The van der Waals surface area contributed by atoms with Crippen molar-refractivity contribution in [2.24, 2.45) is 4.99 Å². The highest BCUT2D eigenvalue weighted by Crippen LogP contribution is 2.48. The normalized spacial score (nSPS) is 14.9. The Morgan fingerprint density at radius 3 is 2.63 bits per heavy atom. The Morgan fingerprint density at radius 2 is 1.96 bits per heavy atom. The smallest absolute Gasteiger partial charge is 0.213 e. The summed E-state index contributed by atoms with van der Waals surface area (Å²) in [5, 5.41) is 6.60. The highest BCUT2D eigenvalue weighted by Gasteiger charge is 2.45. The van der Waals surface area contributed by atoms with Crippen molar-refractivity contribution < 1.29 is 9.13 Å². The van der Waals surface area contributed by atoms with Crippen molar-refractivity contribution in [3.8, 4) is 5.88 Å². The van der Waals surface area contributed by atoms with E-state index in [1.807, 2.05) is 37.3 Å². The van der Waals surface area contributed by atoms with E-state index in [0.717, 1.165) is 30.6 Å². The highest BCUT2D eigenvalue weighted by molar-refractivity contribution is 14.0. The van der Waals surface area contributed by atoms with Crippen LogP contribution >= 0.6 is 24.0 Å². The van der Waals surface area contributed by atoms with Gasteiger partial charge < -0.3 is 15.4 Å². The molecule has 0 aliphatic heterocycles. The van der Waals surface area contributed by atoms with E-state index in [1.54, 1.807) is 13.2 Å². The first-order valence-corrected chi connectivity index (χ1v) is 8.94. The molecule has 2 N–H and O–H groups in total. The monoisotopic (exact) mass is 484 g/mol. The lowest BCUT2D eigenvalue weighted by Gasteiger charge is -2.19. The number of rotatable bonds is 7. The first-order chi connectivity index (χ1) is 12.7. The van der Waals surface area contributed by atoms with E-state index in [4.69, 9.17) is 4.74 Å². The van der Waals surface area contributed by atoms with Crippen LogP contribution in [0.5, 0.6) is 5.88 Å².